The Morgan fingerprint density at radius 2 is 1.61 bits per heavy atom. The third-order valence-corrected chi connectivity index (χ3v) is 7.21. The van der Waals surface area contributed by atoms with Gasteiger partial charge in [-0.1, -0.05) is 24.3 Å². The molecule has 3 aromatic rings. The van der Waals surface area contributed by atoms with E-state index < -0.39 is 39.1 Å². The molecule has 16 heteroatoms. The number of halogens is 6. The molecule has 1 aromatic carbocycles. The zero-order valence-electron chi connectivity index (χ0n) is 21.5. The van der Waals surface area contributed by atoms with Crippen molar-refractivity contribution in [2.24, 2.45) is 0 Å². The van der Waals surface area contributed by atoms with E-state index in [-0.39, 0.29) is 22.7 Å². The van der Waals surface area contributed by atoms with Crippen LogP contribution in [-0.2, 0) is 16.3 Å². The van der Waals surface area contributed by atoms with Crippen molar-refractivity contribution in [3.8, 4) is 0 Å². The number of amides is 1. The first kappa shape index (κ1) is 32.0. The molecule has 0 N–H and O–H groups in total. The summed E-state index contributed by atoms with van der Waals surface area (Å²) in [6.45, 7) is 0. The third-order valence-electron chi connectivity index (χ3n) is 5.77. The number of anilines is 1. The highest BCUT2D eigenvalue weighted by Crippen LogP contribution is 2.48. The summed E-state index contributed by atoms with van der Waals surface area (Å²) >= 11 is 1.29. The average molecular weight is 625 g/mol. The van der Waals surface area contributed by atoms with Crippen LogP contribution in [0.2, 0.25) is 0 Å². The fourth-order valence-corrected chi connectivity index (χ4v) is 4.78. The number of benzene rings is 1. The quantitative estimate of drug-likeness (QED) is 0.129. The Morgan fingerprint density at radius 1 is 1.05 bits per heavy atom. The van der Waals surface area contributed by atoms with Crippen molar-refractivity contribution in [2.45, 2.75) is 30.4 Å². The van der Waals surface area contributed by atoms with Gasteiger partial charge < -0.3 is 13.9 Å². The lowest BCUT2D eigenvalue weighted by atomic mass is 9.95. The molecule has 0 spiro atoms. The minimum Gasteiger partial charge on any atom is -0.741 e. The number of thiophene rings is 1. The van der Waals surface area contributed by atoms with Crippen LogP contribution in [0.5, 0.6) is 0 Å². The maximum Gasteiger partial charge on any atom is 0.485 e. The minimum atomic E-state index is -6.09. The maximum absolute atomic E-state index is 14.2. The molecule has 1 aliphatic carbocycles. The number of carbonyl (C=O) groups is 1. The molecule has 4 rings (SSSR count). The topological polar surface area (TPSA) is 111 Å². The first-order valence-electron chi connectivity index (χ1n) is 11.6. The van der Waals surface area contributed by atoms with Gasteiger partial charge in [-0.2, -0.15) is 26.3 Å². The van der Waals surface area contributed by atoms with Crippen LogP contribution in [0, 0.1) is 0 Å². The Labute approximate surface area is 233 Å². The maximum atomic E-state index is 14.2. The van der Waals surface area contributed by atoms with Crippen molar-refractivity contribution in [3.05, 3.63) is 85.6 Å². The number of rotatable bonds is 5. The number of hydrogen-bond donors (Lipinski definition) is 0. The molecule has 8 nitrogen and oxygen atoms in total. The first-order chi connectivity index (χ1) is 18.9. The summed E-state index contributed by atoms with van der Waals surface area (Å²) in [6.07, 6.45) is -3.64. The van der Waals surface area contributed by atoms with Gasteiger partial charge in [0.1, 0.15) is 25.3 Å². The lowest BCUT2D eigenvalue weighted by molar-refractivity contribution is -0.463. The molecule has 0 saturated heterocycles. The summed E-state index contributed by atoms with van der Waals surface area (Å²) in [5.41, 5.74) is -6.33. The lowest BCUT2D eigenvalue weighted by Crippen LogP contribution is -2.34. The molecular weight excluding hydrogens is 602 g/mol. The van der Waals surface area contributed by atoms with Gasteiger partial charge in [-0.15, -0.1) is 11.3 Å². The van der Waals surface area contributed by atoms with E-state index in [0.29, 0.717) is 29.0 Å². The Balaban J connectivity index is 0.000000507. The van der Waals surface area contributed by atoms with Crippen molar-refractivity contribution in [1.82, 2.24) is 0 Å². The van der Waals surface area contributed by atoms with Crippen LogP contribution >= 0.6 is 11.3 Å². The molecule has 222 valence electrons. The zero-order chi connectivity index (χ0) is 30.9. The summed E-state index contributed by atoms with van der Waals surface area (Å²) in [4.78, 5) is 27.8. The van der Waals surface area contributed by atoms with Gasteiger partial charge in [0.05, 0.1) is 4.88 Å². The number of nitrogens with zero attached hydrogens (tertiary/aromatic N) is 2. The fourth-order valence-electron chi connectivity index (χ4n) is 3.92. The number of carbonyl (C=O) groups excluding carboxylic acids is 1. The van der Waals surface area contributed by atoms with Gasteiger partial charge in [-0.25, -0.2) is 17.8 Å². The summed E-state index contributed by atoms with van der Waals surface area (Å²) < 4.78 is 108. The summed E-state index contributed by atoms with van der Waals surface area (Å²) in [6, 6.07) is 11.8. The van der Waals surface area contributed by atoms with Gasteiger partial charge >= 0.3 is 17.3 Å². The van der Waals surface area contributed by atoms with Gasteiger partial charge in [0, 0.05) is 18.2 Å². The SMILES string of the molecule is CN(C(=O)c1ccccc1)c1c(C2CC2)c(C(c2cccs2)=[N+](C)C)c(C(F)(F)F)oc1=O.O=S(=O)([O-])C(F)(F)F. The van der Waals surface area contributed by atoms with E-state index >= 15 is 0 Å². The van der Waals surface area contributed by atoms with Crippen LogP contribution in [0.3, 0.4) is 0 Å². The largest absolute Gasteiger partial charge is 0.741 e. The van der Waals surface area contributed by atoms with Gasteiger partial charge in [-0.3, -0.25) is 4.79 Å². The lowest BCUT2D eigenvalue weighted by Gasteiger charge is -2.23. The van der Waals surface area contributed by atoms with Crippen LogP contribution < -0.4 is 10.5 Å². The molecule has 2 heterocycles. The van der Waals surface area contributed by atoms with E-state index in [9.17, 15) is 35.9 Å². The van der Waals surface area contributed by atoms with Crippen molar-refractivity contribution >= 4 is 38.8 Å². The van der Waals surface area contributed by atoms with Crippen molar-refractivity contribution in [3.63, 3.8) is 0 Å². The second-order valence-corrected chi connectivity index (χ2v) is 11.3. The van der Waals surface area contributed by atoms with Crippen LogP contribution in [0.4, 0.5) is 32.0 Å². The Kier molecular flexibility index (Phi) is 9.20. The van der Waals surface area contributed by atoms with E-state index in [2.05, 4.69) is 0 Å². The Bertz CT molecular complexity index is 1600. The van der Waals surface area contributed by atoms with Gasteiger partial charge in [0.25, 0.3) is 5.91 Å². The molecule has 1 aliphatic rings. The summed E-state index contributed by atoms with van der Waals surface area (Å²) in [5.74, 6) is -2.12. The minimum absolute atomic E-state index is 0.148. The molecule has 1 fully saturated rings. The van der Waals surface area contributed by atoms with Gasteiger partial charge in [-0.05, 0) is 42.3 Å². The fraction of sp³-hybridized carbons (Fsp3) is 0.320. The van der Waals surface area contributed by atoms with Crippen LogP contribution in [-0.4, -0.2) is 55.8 Å². The smallest absolute Gasteiger partial charge is 0.485 e. The molecule has 0 bridgehead atoms. The van der Waals surface area contributed by atoms with E-state index in [4.69, 9.17) is 17.4 Å². The van der Waals surface area contributed by atoms with Gasteiger partial charge in [0.15, 0.2) is 10.1 Å². The highest BCUT2D eigenvalue weighted by Gasteiger charge is 2.47. The van der Waals surface area contributed by atoms with E-state index in [1.807, 2.05) is 0 Å². The van der Waals surface area contributed by atoms with Crippen molar-refractivity contribution in [1.29, 1.82) is 0 Å². The highest BCUT2D eigenvalue weighted by atomic mass is 32.2. The van der Waals surface area contributed by atoms with Crippen LogP contribution in [0.15, 0.2) is 57.1 Å². The Morgan fingerprint density at radius 3 is 2.02 bits per heavy atom. The molecule has 1 saturated carbocycles. The van der Waals surface area contributed by atoms with Gasteiger partial charge in [0.2, 0.25) is 11.5 Å². The normalized spacial score (nSPS) is 13.7. The van der Waals surface area contributed by atoms with E-state index in [1.54, 1.807) is 66.5 Å². The zero-order valence-corrected chi connectivity index (χ0v) is 23.2. The molecule has 41 heavy (non-hydrogen) atoms. The van der Waals surface area contributed by atoms with Crippen LogP contribution in [0.25, 0.3) is 0 Å². The van der Waals surface area contributed by atoms with E-state index in [1.165, 1.54) is 18.4 Å². The van der Waals surface area contributed by atoms with Crippen molar-refractivity contribution < 1.29 is 53.1 Å². The Hall–Kier alpha value is -3.50. The number of hydrogen-bond acceptors (Lipinski definition) is 7. The second-order valence-electron chi connectivity index (χ2n) is 8.98. The predicted octanol–water partition coefficient (Wildman–Crippen LogP) is 5.04. The molecule has 0 aliphatic heterocycles. The predicted molar refractivity (Wildman–Crippen MR) is 137 cm³/mol. The molecular formula is C25H22F6N2O6S2. The highest BCUT2D eigenvalue weighted by molar-refractivity contribution is 7.86. The number of alkyl halides is 6. The van der Waals surface area contributed by atoms with E-state index in [0.717, 1.165) is 4.90 Å². The molecule has 1 amide bonds. The standard InChI is InChI=1S/C24H22F3N2O3S.CHF3O3S/c1-28(2)19(16-10-7-13-33-16)18-17(14-11-12-14)20(23(31)32-21(18)24(25,26)27)29(3)22(30)15-8-5-4-6-9-15;2-1(3,4)8(5,6)7/h4-10,13-14H,11-12H2,1-3H3;(H,5,6,7)/q+1;/p-1. The molecule has 0 radical (unpaired) electrons. The second kappa shape index (κ2) is 11.8. The first-order valence-corrected chi connectivity index (χ1v) is 13.9. The average Bonchev–Trinajstić information content (AvgIpc) is 3.56. The third kappa shape index (κ3) is 7.23. The monoisotopic (exact) mass is 624 g/mol. The molecule has 0 atom stereocenters. The molecule has 0 unspecified atom stereocenters. The summed E-state index contributed by atoms with van der Waals surface area (Å²) in [5, 5.41) is 1.77. The van der Waals surface area contributed by atoms with Crippen LogP contribution in [0.1, 0.15) is 50.9 Å². The van der Waals surface area contributed by atoms with Crippen molar-refractivity contribution in [2.75, 3.05) is 26.0 Å². The molecule has 2 aromatic heterocycles. The summed E-state index contributed by atoms with van der Waals surface area (Å²) in [7, 11) is -1.40.